The summed E-state index contributed by atoms with van der Waals surface area (Å²) in [4.78, 5) is 17.4. The lowest BCUT2D eigenvalue weighted by molar-refractivity contribution is 0.859. The van der Waals surface area contributed by atoms with Crippen LogP contribution in [0.1, 0.15) is 11.3 Å². The molecular weight excluding hydrogens is 200 g/mol. The van der Waals surface area contributed by atoms with Gasteiger partial charge in [-0.25, -0.2) is 4.79 Å². The van der Waals surface area contributed by atoms with Crippen molar-refractivity contribution >= 4 is 11.8 Å². The number of aromatic nitrogens is 2. The number of aromatic amines is 1. The van der Waals surface area contributed by atoms with Crippen LogP contribution in [0.5, 0.6) is 0 Å². The van der Waals surface area contributed by atoms with E-state index in [1.54, 1.807) is 6.92 Å². The van der Waals surface area contributed by atoms with Crippen molar-refractivity contribution in [1.82, 2.24) is 9.97 Å². The second-order valence-corrected chi connectivity index (χ2v) is 3.57. The summed E-state index contributed by atoms with van der Waals surface area (Å²) in [6.45, 7) is 2.07. The Morgan fingerprint density at radius 2 is 2.43 bits per heavy atom. The summed E-state index contributed by atoms with van der Waals surface area (Å²) in [5, 5.41) is 8.97. The van der Waals surface area contributed by atoms with Crippen molar-refractivity contribution in [3.05, 3.63) is 21.7 Å². The molecule has 0 atom stereocenters. The Morgan fingerprint density at radius 1 is 1.71 bits per heavy atom. The van der Waals surface area contributed by atoms with Crippen LogP contribution in [0.25, 0.3) is 0 Å². The molecule has 1 aromatic rings. The predicted molar refractivity (Wildman–Crippen MR) is 53.8 cm³/mol. The molecule has 0 aliphatic heterocycles. The number of rotatable bonds is 3. The Hall–Kier alpha value is -1.32. The van der Waals surface area contributed by atoms with E-state index >= 15 is 0 Å². The molecule has 74 valence electrons. The van der Waals surface area contributed by atoms with Crippen LogP contribution < -0.4 is 11.4 Å². The Labute approximate surface area is 85.3 Å². The van der Waals surface area contributed by atoms with Crippen molar-refractivity contribution in [2.24, 2.45) is 5.73 Å². The molecule has 0 unspecified atom stereocenters. The van der Waals surface area contributed by atoms with Crippen LogP contribution in [0, 0.1) is 18.3 Å². The van der Waals surface area contributed by atoms with Crippen molar-refractivity contribution in [3.8, 4) is 6.07 Å². The first kappa shape index (κ1) is 10.8. The van der Waals surface area contributed by atoms with Crippen LogP contribution in [-0.4, -0.2) is 15.7 Å². The van der Waals surface area contributed by atoms with Gasteiger partial charge in [-0.3, -0.25) is 0 Å². The van der Waals surface area contributed by atoms with Gasteiger partial charge in [-0.05, 0) is 6.92 Å². The highest BCUT2D eigenvalue weighted by Gasteiger charge is 2.07. The molecule has 6 heteroatoms. The van der Waals surface area contributed by atoms with Crippen LogP contribution in [0.3, 0.4) is 0 Å². The molecule has 0 amide bonds. The molecule has 1 rings (SSSR count). The summed E-state index contributed by atoms with van der Waals surface area (Å²) in [7, 11) is 0. The minimum atomic E-state index is -0.403. The van der Waals surface area contributed by atoms with E-state index in [4.69, 9.17) is 11.0 Å². The number of nitrogens with two attached hydrogens (primary N) is 1. The third-order valence-corrected chi connectivity index (χ3v) is 2.57. The summed E-state index contributed by atoms with van der Waals surface area (Å²) >= 11 is 1.23. The molecule has 0 spiro atoms. The molecule has 0 aliphatic carbocycles. The van der Waals surface area contributed by atoms with Crippen LogP contribution in [-0.2, 0) is 6.54 Å². The van der Waals surface area contributed by atoms with Gasteiger partial charge in [0.1, 0.15) is 5.03 Å². The molecule has 0 fully saturated rings. The van der Waals surface area contributed by atoms with Gasteiger partial charge in [0.25, 0.3) is 0 Å². The van der Waals surface area contributed by atoms with Crippen molar-refractivity contribution in [3.63, 3.8) is 0 Å². The van der Waals surface area contributed by atoms with Gasteiger partial charge in [-0.2, -0.15) is 10.2 Å². The fourth-order valence-corrected chi connectivity index (χ4v) is 1.80. The average Bonchev–Trinajstić information content (AvgIpc) is 2.14. The zero-order valence-electron chi connectivity index (χ0n) is 7.70. The number of thioether (sulfide) groups is 1. The Kier molecular flexibility index (Phi) is 3.68. The minimum absolute atomic E-state index is 0.267. The molecule has 14 heavy (non-hydrogen) atoms. The maximum Gasteiger partial charge on any atom is 0.346 e. The largest absolute Gasteiger partial charge is 0.346 e. The molecular formula is C8H10N4OS. The maximum absolute atomic E-state index is 11.0. The normalized spacial score (nSPS) is 9.79. The van der Waals surface area contributed by atoms with Gasteiger partial charge >= 0.3 is 5.69 Å². The third kappa shape index (κ3) is 2.34. The quantitative estimate of drug-likeness (QED) is 0.547. The second kappa shape index (κ2) is 4.79. The van der Waals surface area contributed by atoms with E-state index in [0.29, 0.717) is 17.3 Å². The number of nitrogens with one attached hydrogen (secondary N) is 1. The Morgan fingerprint density at radius 3 is 3.00 bits per heavy atom. The Bertz CT molecular complexity index is 420. The standard InChI is InChI=1S/C8H10N4OS/c1-5-6(4-10)7(14-3-2-9)12-8(13)11-5/h3-4,10H2,1H3,(H,11,12,13). The fourth-order valence-electron chi connectivity index (χ4n) is 1.04. The minimum Gasteiger partial charge on any atom is -0.326 e. The van der Waals surface area contributed by atoms with Crippen molar-refractivity contribution in [1.29, 1.82) is 5.26 Å². The maximum atomic E-state index is 11.0. The van der Waals surface area contributed by atoms with Crippen LogP contribution in [0.4, 0.5) is 0 Å². The summed E-state index contributed by atoms with van der Waals surface area (Å²) in [6, 6.07) is 1.98. The summed E-state index contributed by atoms with van der Waals surface area (Å²) in [5.41, 5.74) is 6.62. The lowest BCUT2D eigenvalue weighted by atomic mass is 10.2. The second-order valence-electron chi connectivity index (χ2n) is 2.60. The van der Waals surface area contributed by atoms with Gasteiger partial charge in [-0.15, -0.1) is 0 Å². The lowest BCUT2D eigenvalue weighted by Crippen LogP contribution is -2.17. The smallest absolute Gasteiger partial charge is 0.326 e. The topological polar surface area (TPSA) is 95.6 Å². The third-order valence-electron chi connectivity index (χ3n) is 1.69. The van der Waals surface area contributed by atoms with Crippen molar-refractivity contribution < 1.29 is 0 Å². The number of hydrogen-bond donors (Lipinski definition) is 2. The Balaban J connectivity index is 3.13. The van der Waals surface area contributed by atoms with Crippen molar-refractivity contribution in [2.75, 3.05) is 5.75 Å². The monoisotopic (exact) mass is 210 g/mol. The molecule has 3 N–H and O–H groups in total. The van der Waals surface area contributed by atoms with E-state index in [9.17, 15) is 4.79 Å². The van der Waals surface area contributed by atoms with Crippen LogP contribution >= 0.6 is 11.8 Å². The molecule has 0 radical (unpaired) electrons. The van der Waals surface area contributed by atoms with Crippen LogP contribution in [0.2, 0.25) is 0 Å². The van der Waals surface area contributed by atoms with E-state index in [0.717, 1.165) is 5.56 Å². The number of nitrogens with zero attached hydrogens (tertiary/aromatic N) is 2. The van der Waals surface area contributed by atoms with Gasteiger partial charge in [-0.1, -0.05) is 11.8 Å². The molecule has 1 heterocycles. The van der Waals surface area contributed by atoms with E-state index in [-0.39, 0.29) is 5.75 Å². The molecule has 5 nitrogen and oxygen atoms in total. The SMILES string of the molecule is Cc1[nH]c(=O)nc(SCC#N)c1CN. The average molecular weight is 210 g/mol. The number of hydrogen-bond acceptors (Lipinski definition) is 5. The molecule has 0 aromatic carbocycles. The molecule has 0 saturated heterocycles. The van der Waals surface area contributed by atoms with Gasteiger partial charge < -0.3 is 10.7 Å². The summed E-state index contributed by atoms with van der Waals surface area (Å²) < 4.78 is 0. The van der Waals surface area contributed by atoms with Gasteiger partial charge in [0.15, 0.2) is 0 Å². The number of aryl methyl sites for hydroxylation is 1. The van der Waals surface area contributed by atoms with Gasteiger partial charge in [0, 0.05) is 17.8 Å². The lowest BCUT2D eigenvalue weighted by Gasteiger charge is -2.06. The first-order valence-electron chi connectivity index (χ1n) is 3.98. The molecule has 0 bridgehead atoms. The van der Waals surface area contributed by atoms with Crippen LogP contribution in [0.15, 0.2) is 9.82 Å². The van der Waals surface area contributed by atoms with Gasteiger partial charge in [0.2, 0.25) is 0 Å². The zero-order chi connectivity index (χ0) is 10.6. The van der Waals surface area contributed by atoms with Gasteiger partial charge in [0.05, 0.1) is 11.8 Å². The molecule has 1 aromatic heterocycles. The summed E-state index contributed by atoms with van der Waals surface area (Å²) in [6.07, 6.45) is 0. The van der Waals surface area contributed by atoms with E-state index in [1.165, 1.54) is 11.8 Å². The zero-order valence-corrected chi connectivity index (χ0v) is 8.52. The fraction of sp³-hybridized carbons (Fsp3) is 0.375. The molecule has 0 aliphatic rings. The highest BCUT2D eigenvalue weighted by molar-refractivity contribution is 7.99. The van der Waals surface area contributed by atoms with Crippen molar-refractivity contribution in [2.45, 2.75) is 18.5 Å². The predicted octanol–water partition coefficient (Wildman–Crippen LogP) is 0.153. The summed E-state index contributed by atoms with van der Waals surface area (Å²) in [5.74, 6) is 0.267. The first-order chi connectivity index (χ1) is 6.69. The highest BCUT2D eigenvalue weighted by atomic mass is 32.2. The van der Waals surface area contributed by atoms with E-state index in [2.05, 4.69) is 9.97 Å². The number of nitriles is 1. The van der Waals surface area contributed by atoms with E-state index in [1.807, 2.05) is 6.07 Å². The highest BCUT2D eigenvalue weighted by Crippen LogP contribution is 2.19. The molecule has 0 saturated carbocycles. The number of H-pyrrole nitrogens is 1. The first-order valence-corrected chi connectivity index (χ1v) is 4.97. The van der Waals surface area contributed by atoms with E-state index < -0.39 is 5.69 Å².